The molecule has 1 aromatic heterocycles. The van der Waals surface area contributed by atoms with Crippen molar-refractivity contribution in [2.45, 2.75) is 0 Å². The number of nitrogens with zero attached hydrogens (tertiary/aromatic N) is 1. The second-order valence-electron chi connectivity index (χ2n) is 9.74. The van der Waals surface area contributed by atoms with Crippen LogP contribution in [0, 0.1) is 58.2 Å². The fourth-order valence-corrected chi connectivity index (χ4v) is 5.73. The molecule has 0 fully saturated rings. The maximum absolute atomic E-state index is 15.0. The van der Waals surface area contributed by atoms with E-state index in [0.717, 1.165) is 0 Å². The maximum Gasteiger partial charge on any atom is 0.200 e. The molecule has 43 heavy (non-hydrogen) atoms. The van der Waals surface area contributed by atoms with E-state index >= 15 is 0 Å². The van der Waals surface area contributed by atoms with Crippen molar-refractivity contribution < 1.29 is 43.9 Å². The Bertz CT molecular complexity index is 2090. The number of para-hydroxylation sites is 1. The van der Waals surface area contributed by atoms with Crippen LogP contribution in [0.25, 0.3) is 60.5 Å². The van der Waals surface area contributed by atoms with Crippen LogP contribution in [0.4, 0.5) is 43.9 Å². The van der Waals surface area contributed by atoms with Crippen molar-refractivity contribution >= 4 is 32.6 Å². The molecule has 0 unspecified atom stereocenters. The van der Waals surface area contributed by atoms with Crippen LogP contribution in [0.1, 0.15) is 0 Å². The summed E-state index contributed by atoms with van der Waals surface area (Å²) in [4.78, 5) is 0. The molecule has 1 nitrogen and oxygen atoms in total. The van der Waals surface area contributed by atoms with Crippen molar-refractivity contribution in [3.05, 3.63) is 125 Å². The van der Waals surface area contributed by atoms with Gasteiger partial charge in [-0.05, 0) is 46.2 Å². The topological polar surface area (TPSA) is 4.93 Å². The Morgan fingerprint density at radius 3 is 1.07 bits per heavy atom. The molecule has 0 aliphatic carbocycles. The lowest BCUT2D eigenvalue weighted by Crippen LogP contribution is -2.04. The van der Waals surface area contributed by atoms with E-state index in [4.69, 9.17) is 0 Å². The molecule has 7 rings (SSSR count). The summed E-state index contributed by atoms with van der Waals surface area (Å²) < 4.78 is 146. The summed E-state index contributed by atoms with van der Waals surface area (Å²) in [5, 5.41) is 0.372. The quantitative estimate of drug-likeness (QED) is 0.0825. The van der Waals surface area contributed by atoms with E-state index in [9.17, 15) is 43.9 Å². The smallest absolute Gasteiger partial charge is 0.200 e. The molecule has 0 amide bonds. The first-order chi connectivity index (χ1) is 20.5. The van der Waals surface area contributed by atoms with Crippen LogP contribution in [-0.2, 0) is 0 Å². The summed E-state index contributed by atoms with van der Waals surface area (Å²) in [6, 6.07) is 16.1. The normalized spacial score (nSPS) is 12.0. The molecule has 0 saturated carbocycles. The molecule has 0 aliphatic rings. The lowest BCUT2D eigenvalue weighted by molar-refractivity contribution is 0.381. The molecule has 7 aromatic rings. The van der Waals surface area contributed by atoms with Crippen molar-refractivity contribution in [2.24, 2.45) is 0 Å². The highest BCUT2D eigenvalue weighted by Crippen LogP contribution is 2.47. The number of rotatable bonds is 3. The van der Waals surface area contributed by atoms with Gasteiger partial charge < -0.3 is 4.57 Å². The zero-order chi connectivity index (χ0) is 30.5. The summed E-state index contributed by atoms with van der Waals surface area (Å²) in [6.07, 6.45) is 0. The summed E-state index contributed by atoms with van der Waals surface area (Å²) >= 11 is 0. The Morgan fingerprint density at radius 1 is 0.349 bits per heavy atom. The Morgan fingerprint density at radius 2 is 0.698 bits per heavy atom. The predicted molar refractivity (Wildman–Crippen MR) is 140 cm³/mol. The summed E-state index contributed by atoms with van der Waals surface area (Å²) in [6.45, 7) is 0. The summed E-state index contributed by atoms with van der Waals surface area (Å²) in [5.41, 5.74) is -1.86. The zero-order valence-corrected chi connectivity index (χ0v) is 21.1. The summed E-state index contributed by atoms with van der Waals surface area (Å²) in [5.74, 6) is -21.5. The van der Waals surface area contributed by atoms with Gasteiger partial charge in [-0.3, -0.25) is 0 Å². The Kier molecular flexibility index (Phi) is 5.75. The van der Waals surface area contributed by atoms with E-state index in [0.29, 0.717) is 16.7 Å². The van der Waals surface area contributed by atoms with Gasteiger partial charge in [-0.15, -0.1) is 0 Å². The number of halogens is 10. The van der Waals surface area contributed by atoms with Gasteiger partial charge in [0.1, 0.15) is 0 Å². The van der Waals surface area contributed by atoms with Gasteiger partial charge in [-0.1, -0.05) is 42.5 Å². The molecule has 11 heteroatoms. The molecule has 0 aliphatic heterocycles. The van der Waals surface area contributed by atoms with Crippen LogP contribution in [0.15, 0.2) is 66.7 Å². The number of hydrogen-bond acceptors (Lipinski definition) is 0. The average molecular weight is 599 g/mol. The molecule has 214 valence electrons. The van der Waals surface area contributed by atoms with Gasteiger partial charge in [0.25, 0.3) is 0 Å². The Balaban J connectivity index is 1.67. The first kappa shape index (κ1) is 26.8. The highest BCUT2D eigenvalue weighted by Gasteiger charge is 2.31. The second-order valence-corrected chi connectivity index (χ2v) is 9.74. The van der Waals surface area contributed by atoms with Crippen LogP contribution in [0.3, 0.4) is 0 Å². The number of benzene rings is 6. The standard InChI is InChI=1S/C32H11F10N/c33-23-21(24(34)28(38)31(41)27(23)37)15-8-10-17-19-13(15)6-7-14-16(22-25(35)29(39)32(42)30(40)26(22)36)9-11-18(20(14)19)43(17)12-4-2-1-3-5-12/h1-11H. The monoisotopic (exact) mass is 599 g/mol. The average Bonchev–Trinajstić information content (AvgIpc) is 3.36. The molecule has 1 heterocycles. The van der Waals surface area contributed by atoms with E-state index in [1.54, 1.807) is 34.9 Å². The van der Waals surface area contributed by atoms with Crippen molar-refractivity contribution in [2.75, 3.05) is 0 Å². The Labute approximate surface area is 234 Å². The first-order valence-electron chi connectivity index (χ1n) is 12.5. The molecule has 0 saturated heterocycles. The zero-order valence-electron chi connectivity index (χ0n) is 21.1. The molecule has 0 bridgehead atoms. The number of hydrogen-bond donors (Lipinski definition) is 0. The lowest BCUT2D eigenvalue weighted by Gasteiger charge is -2.14. The predicted octanol–water partition coefficient (Wildman–Crippen LogP) is 10.1. The largest absolute Gasteiger partial charge is 0.309 e. The van der Waals surface area contributed by atoms with Crippen molar-refractivity contribution in [1.29, 1.82) is 0 Å². The third-order valence-corrected chi connectivity index (χ3v) is 7.57. The Hall–Kier alpha value is -5.06. The minimum Gasteiger partial charge on any atom is -0.309 e. The van der Waals surface area contributed by atoms with Crippen LogP contribution in [0.5, 0.6) is 0 Å². The molecule has 6 aromatic carbocycles. The fraction of sp³-hybridized carbons (Fsp3) is 0. The molecule has 0 atom stereocenters. The summed E-state index contributed by atoms with van der Waals surface area (Å²) in [7, 11) is 0. The van der Waals surface area contributed by atoms with Gasteiger partial charge in [0.2, 0.25) is 11.6 Å². The van der Waals surface area contributed by atoms with Crippen molar-refractivity contribution in [1.82, 2.24) is 4.57 Å². The van der Waals surface area contributed by atoms with Crippen LogP contribution >= 0.6 is 0 Å². The van der Waals surface area contributed by atoms with E-state index < -0.39 is 69.3 Å². The van der Waals surface area contributed by atoms with E-state index in [1.807, 2.05) is 0 Å². The van der Waals surface area contributed by atoms with Gasteiger partial charge in [0.15, 0.2) is 46.5 Å². The minimum atomic E-state index is -2.33. The molecular weight excluding hydrogens is 588 g/mol. The fourth-order valence-electron chi connectivity index (χ4n) is 5.73. The molecular formula is C32H11F10N. The van der Waals surface area contributed by atoms with Crippen LogP contribution < -0.4 is 0 Å². The molecule has 0 spiro atoms. The number of aromatic nitrogens is 1. The van der Waals surface area contributed by atoms with E-state index in [2.05, 4.69) is 0 Å². The van der Waals surface area contributed by atoms with Gasteiger partial charge in [-0.25, -0.2) is 43.9 Å². The van der Waals surface area contributed by atoms with Crippen LogP contribution in [-0.4, -0.2) is 4.57 Å². The van der Waals surface area contributed by atoms with Crippen molar-refractivity contribution in [3.8, 4) is 27.9 Å². The van der Waals surface area contributed by atoms with E-state index in [1.165, 1.54) is 36.4 Å². The minimum absolute atomic E-state index is 0.00227. The highest BCUT2D eigenvalue weighted by atomic mass is 19.2. The first-order valence-corrected chi connectivity index (χ1v) is 12.5. The van der Waals surface area contributed by atoms with Crippen molar-refractivity contribution in [3.63, 3.8) is 0 Å². The van der Waals surface area contributed by atoms with E-state index in [-0.39, 0.29) is 32.7 Å². The third kappa shape index (κ3) is 3.47. The third-order valence-electron chi connectivity index (χ3n) is 7.57. The highest BCUT2D eigenvalue weighted by molar-refractivity contribution is 6.28. The van der Waals surface area contributed by atoms with Gasteiger partial charge in [0, 0.05) is 16.5 Å². The van der Waals surface area contributed by atoms with Gasteiger partial charge in [-0.2, -0.15) is 0 Å². The van der Waals surface area contributed by atoms with Gasteiger partial charge in [0.05, 0.1) is 22.2 Å². The maximum atomic E-state index is 15.0. The van der Waals surface area contributed by atoms with Gasteiger partial charge >= 0.3 is 0 Å². The SMILES string of the molecule is Fc1c(F)c(F)c(-c2ccc3c4c2ccc2c(-c5c(F)c(F)c(F)c(F)c5F)ccc(c24)n3-c2ccccc2)c(F)c1F. The second kappa shape index (κ2) is 9.22. The molecule has 0 radical (unpaired) electrons. The van der Waals surface area contributed by atoms with Crippen LogP contribution in [0.2, 0.25) is 0 Å². The lowest BCUT2D eigenvalue weighted by atomic mass is 9.90. The molecule has 0 N–H and O–H groups in total.